The third-order valence-electron chi connectivity index (χ3n) is 14.7. The first-order chi connectivity index (χ1) is 31.3. The maximum absolute atomic E-state index is 7.28. The Labute approximate surface area is 374 Å². The van der Waals surface area contributed by atoms with Gasteiger partial charge in [-0.25, -0.2) is 0 Å². The van der Waals surface area contributed by atoms with Crippen molar-refractivity contribution in [3.8, 4) is 33.4 Å². The molecule has 304 valence electrons. The Balaban J connectivity index is 1.08. The highest BCUT2D eigenvalue weighted by molar-refractivity contribution is 7.26. The molecule has 3 nitrogen and oxygen atoms in total. The highest BCUT2D eigenvalue weighted by atomic mass is 32.1. The maximum Gasteiger partial charge on any atom is 0.144 e. The van der Waals surface area contributed by atoms with Gasteiger partial charge in [-0.1, -0.05) is 149 Å². The van der Waals surface area contributed by atoms with Gasteiger partial charge in [0.1, 0.15) is 22.3 Å². The van der Waals surface area contributed by atoms with Crippen molar-refractivity contribution in [2.24, 2.45) is 0 Å². The molecule has 14 rings (SSSR count). The summed E-state index contributed by atoms with van der Waals surface area (Å²) in [6.45, 7) is 9.43. The number of para-hydroxylation sites is 1. The van der Waals surface area contributed by atoms with Gasteiger partial charge in [-0.05, 0) is 105 Å². The Hall–Kier alpha value is -7.40. The minimum Gasteiger partial charge on any atom is -0.456 e. The second-order valence-corrected chi connectivity index (χ2v) is 19.8. The second kappa shape index (κ2) is 12.6. The molecule has 0 spiro atoms. The van der Waals surface area contributed by atoms with Crippen LogP contribution in [-0.4, -0.2) is 0 Å². The molecule has 64 heavy (non-hydrogen) atoms. The van der Waals surface area contributed by atoms with Crippen LogP contribution in [0.2, 0.25) is 0 Å². The van der Waals surface area contributed by atoms with Crippen molar-refractivity contribution in [2.45, 2.75) is 38.5 Å². The monoisotopic (exact) mass is 839 g/mol. The van der Waals surface area contributed by atoms with Crippen LogP contribution in [0.5, 0.6) is 0 Å². The molecule has 12 aromatic rings. The van der Waals surface area contributed by atoms with Crippen molar-refractivity contribution in [1.82, 2.24) is 0 Å². The zero-order valence-electron chi connectivity index (χ0n) is 35.9. The fraction of sp³-hybridized carbons (Fsp3) is 0.100. The summed E-state index contributed by atoms with van der Waals surface area (Å²) in [5, 5.41) is 6.77. The smallest absolute Gasteiger partial charge is 0.144 e. The predicted molar refractivity (Wildman–Crippen MR) is 269 cm³/mol. The fourth-order valence-electron chi connectivity index (χ4n) is 11.6. The van der Waals surface area contributed by atoms with Gasteiger partial charge in [0.15, 0.2) is 0 Å². The Morgan fingerprint density at radius 2 is 1.03 bits per heavy atom. The molecule has 9 aromatic carbocycles. The topological polar surface area (TPSA) is 29.5 Å². The highest BCUT2D eigenvalue weighted by Crippen LogP contribution is 2.55. The van der Waals surface area contributed by atoms with Crippen LogP contribution in [0.4, 0.5) is 17.1 Å². The molecule has 4 heteroatoms. The van der Waals surface area contributed by atoms with Crippen molar-refractivity contribution >= 4 is 92.4 Å². The Bertz CT molecular complexity index is 3990. The van der Waals surface area contributed by atoms with Gasteiger partial charge in [-0.2, -0.15) is 0 Å². The van der Waals surface area contributed by atoms with Gasteiger partial charge in [-0.15, -0.1) is 11.3 Å². The van der Waals surface area contributed by atoms with Crippen molar-refractivity contribution < 1.29 is 8.83 Å². The molecule has 0 N–H and O–H groups in total. The third kappa shape index (κ3) is 4.70. The Morgan fingerprint density at radius 3 is 1.83 bits per heavy atom. The maximum atomic E-state index is 7.28. The number of nitrogens with zero attached hydrogens (tertiary/aromatic N) is 1. The zero-order valence-corrected chi connectivity index (χ0v) is 36.7. The number of rotatable bonds is 4. The Kier molecular flexibility index (Phi) is 7.12. The largest absolute Gasteiger partial charge is 0.456 e. The summed E-state index contributed by atoms with van der Waals surface area (Å²) in [4.78, 5) is 2.49. The van der Waals surface area contributed by atoms with Crippen molar-refractivity contribution in [2.75, 3.05) is 4.90 Å². The van der Waals surface area contributed by atoms with E-state index in [-0.39, 0.29) is 10.8 Å². The lowest BCUT2D eigenvalue weighted by atomic mass is 9.81. The molecule has 0 unspecified atom stereocenters. The number of anilines is 3. The number of hydrogen-bond donors (Lipinski definition) is 0. The SMILES string of the molecule is CC1(C)c2ccccc2-c2ccc(-c3c4oc5cccc(N(c6ccc7c(c6)C(C)(C)c6ccccc6-7)c6cccc7c6sc6ccccc67)c5c4cc4oc5ccccc5c34)cc21. The Morgan fingerprint density at radius 1 is 0.422 bits per heavy atom. The number of benzene rings is 9. The van der Waals surface area contributed by atoms with E-state index >= 15 is 0 Å². The first-order valence-corrected chi connectivity index (χ1v) is 23.1. The fourth-order valence-corrected chi connectivity index (χ4v) is 12.8. The van der Waals surface area contributed by atoms with Crippen LogP contribution in [0, 0.1) is 0 Å². The van der Waals surface area contributed by atoms with Crippen LogP contribution in [0.25, 0.3) is 97.4 Å². The van der Waals surface area contributed by atoms with E-state index in [1.807, 2.05) is 11.3 Å². The minimum absolute atomic E-state index is 0.158. The molecule has 0 saturated heterocycles. The van der Waals surface area contributed by atoms with Crippen LogP contribution in [0.15, 0.2) is 185 Å². The van der Waals surface area contributed by atoms with Gasteiger partial charge in [-0.3, -0.25) is 0 Å². The molecule has 0 radical (unpaired) electrons. The van der Waals surface area contributed by atoms with E-state index in [1.165, 1.54) is 64.7 Å². The molecule has 0 amide bonds. The molecular weight excluding hydrogens is 799 g/mol. The molecule has 3 aromatic heterocycles. The molecule has 0 aliphatic heterocycles. The lowest BCUT2D eigenvalue weighted by Crippen LogP contribution is -2.16. The van der Waals surface area contributed by atoms with Crippen LogP contribution in [0.1, 0.15) is 49.9 Å². The highest BCUT2D eigenvalue weighted by Gasteiger charge is 2.38. The molecule has 0 fully saturated rings. The van der Waals surface area contributed by atoms with Crippen molar-refractivity contribution in [3.05, 3.63) is 198 Å². The zero-order chi connectivity index (χ0) is 42.6. The molecule has 3 heterocycles. The first kappa shape index (κ1) is 36.1. The first-order valence-electron chi connectivity index (χ1n) is 22.2. The summed E-state index contributed by atoms with van der Waals surface area (Å²) < 4.78 is 16.6. The van der Waals surface area contributed by atoms with E-state index in [4.69, 9.17) is 8.83 Å². The van der Waals surface area contributed by atoms with E-state index in [0.29, 0.717) is 0 Å². The summed E-state index contributed by atoms with van der Waals surface area (Å²) in [7, 11) is 0. The summed E-state index contributed by atoms with van der Waals surface area (Å²) in [6.07, 6.45) is 0. The molecule has 2 aliphatic carbocycles. The van der Waals surface area contributed by atoms with Gasteiger partial charge in [0.05, 0.1) is 21.5 Å². The standard InChI is InChI=1S/C60H41NO2S/c1-59(2)44-20-9-5-15-36(44)38-29-27-34(31-46(38)59)54-56-42-18-7-11-24-50(42)62-52(56)33-43-55-48(22-14-25-51(55)63-57(43)54)61(49-23-13-19-41-40-17-8-12-26-53(40)64-58(41)49)35-28-30-39-37-16-6-10-21-45(37)60(3,4)47(39)32-35/h5-33H,1-4H3. The average molecular weight is 840 g/mol. The van der Waals surface area contributed by atoms with Crippen LogP contribution < -0.4 is 4.90 Å². The van der Waals surface area contributed by atoms with Gasteiger partial charge in [0, 0.05) is 53.7 Å². The van der Waals surface area contributed by atoms with Crippen LogP contribution >= 0.6 is 11.3 Å². The van der Waals surface area contributed by atoms with E-state index in [2.05, 4.69) is 209 Å². The second-order valence-electron chi connectivity index (χ2n) is 18.8. The van der Waals surface area contributed by atoms with E-state index < -0.39 is 0 Å². The minimum atomic E-state index is -0.167. The quantitative estimate of drug-likeness (QED) is 0.177. The number of hydrogen-bond acceptors (Lipinski definition) is 4. The third-order valence-corrected chi connectivity index (χ3v) is 15.9. The number of fused-ring (bicyclic) bond motifs is 15. The van der Waals surface area contributed by atoms with Crippen molar-refractivity contribution in [1.29, 1.82) is 0 Å². The molecule has 0 atom stereocenters. The molecule has 0 bridgehead atoms. The van der Waals surface area contributed by atoms with Gasteiger partial charge in [0.2, 0.25) is 0 Å². The lowest BCUT2D eigenvalue weighted by molar-refractivity contribution is 0.660. The summed E-state index contributed by atoms with van der Waals surface area (Å²) in [5.41, 5.74) is 19.2. The molecule has 2 aliphatic rings. The number of furan rings is 2. The normalized spacial score (nSPS) is 14.5. The lowest BCUT2D eigenvalue weighted by Gasteiger charge is -2.29. The predicted octanol–water partition coefficient (Wildman–Crippen LogP) is 17.6. The number of thiophene rings is 1. The van der Waals surface area contributed by atoms with E-state index in [9.17, 15) is 0 Å². The van der Waals surface area contributed by atoms with Crippen molar-refractivity contribution in [3.63, 3.8) is 0 Å². The molecule has 0 saturated carbocycles. The average Bonchev–Trinajstić information content (AvgIpc) is 4.10. The summed E-state index contributed by atoms with van der Waals surface area (Å²) in [5.74, 6) is 0. The van der Waals surface area contributed by atoms with E-state index in [0.717, 1.165) is 72.1 Å². The van der Waals surface area contributed by atoms with Gasteiger partial charge >= 0.3 is 0 Å². The van der Waals surface area contributed by atoms with Crippen LogP contribution in [-0.2, 0) is 10.8 Å². The molecular formula is C60H41NO2S. The summed E-state index contributed by atoms with van der Waals surface area (Å²) in [6, 6.07) is 64.6. The van der Waals surface area contributed by atoms with Gasteiger partial charge < -0.3 is 13.7 Å². The van der Waals surface area contributed by atoms with E-state index in [1.54, 1.807) is 0 Å². The van der Waals surface area contributed by atoms with Gasteiger partial charge in [0.25, 0.3) is 0 Å². The summed E-state index contributed by atoms with van der Waals surface area (Å²) >= 11 is 1.86. The van der Waals surface area contributed by atoms with Crippen LogP contribution in [0.3, 0.4) is 0 Å².